The number of aromatic hydroxyl groups is 1. The number of pyridine rings is 1. The molecule has 7 heteroatoms. The number of halogens is 2. The summed E-state index contributed by atoms with van der Waals surface area (Å²) in [5, 5.41) is 11.9. The van der Waals surface area contributed by atoms with E-state index in [1.54, 1.807) is 18.2 Å². The Hall–Kier alpha value is -3.03. The van der Waals surface area contributed by atoms with Crippen molar-refractivity contribution in [3.63, 3.8) is 0 Å². The van der Waals surface area contributed by atoms with Gasteiger partial charge in [-0.1, -0.05) is 91.6 Å². The third-order valence-electron chi connectivity index (χ3n) is 7.30. The topological polar surface area (TPSA) is 76.5 Å². The van der Waals surface area contributed by atoms with Crippen molar-refractivity contribution in [2.45, 2.75) is 64.9 Å². The Labute approximate surface area is 251 Å². The van der Waals surface area contributed by atoms with Gasteiger partial charge in [-0.2, -0.15) is 0 Å². The summed E-state index contributed by atoms with van der Waals surface area (Å²) in [5.41, 5.74) is 3.91. The monoisotopic (exact) mass is 663 g/mol. The van der Waals surface area contributed by atoms with Gasteiger partial charge in [0.15, 0.2) is 11.6 Å². The van der Waals surface area contributed by atoms with Gasteiger partial charge in [0.05, 0.1) is 5.69 Å². The summed E-state index contributed by atoms with van der Waals surface area (Å²) in [7, 11) is 0. The Morgan fingerprint density at radius 3 is 1.90 bits per heavy atom. The fourth-order valence-electron chi connectivity index (χ4n) is 5.20. The van der Waals surface area contributed by atoms with Crippen molar-refractivity contribution < 1.29 is 19.4 Å². The number of nitrogens with zero attached hydrogens (tertiary/aromatic N) is 1. The van der Waals surface area contributed by atoms with E-state index in [-0.39, 0.29) is 29.0 Å². The molecule has 206 valence electrons. The zero-order valence-corrected chi connectivity index (χ0v) is 26.5. The highest BCUT2D eigenvalue weighted by Crippen LogP contribution is 2.42. The van der Waals surface area contributed by atoms with E-state index in [0.29, 0.717) is 42.8 Å². The van der Waals surface area contributed by atoms with Gasteiger partial charge >= 0.3 is 0 Å². The van der Waals surface area contributed by atoms with Crippen molar-refractivity contribution in [3.05, 3.63) is 97.1 Å². The van der Waals surface area contributed by atoms with Crippen LogP contribution in [0.3, 0.4) is 0 Å². The second kappa shape index (κ2) is 10.1. The summed E-state index contributed by atoms with van der Waals surface area (Å²) in [4.78, 5) is 31.6. The number of ketones is 2. The van der Waals surface area contributed by atoms with E-state index in [2.05, 4.69) is 73.4 Å². The molecule has 0 bridgehead atoms. The van der Waals surface area contributed by atoms with Crippen molar-refractivity contribution in [2.75, 3.05) is 0 Å². The van der Waals surface area contributed by atoms with Crippen LogP contribution in [0.4, 0.5) is 0 Å². The second-order valence-corrected chi connectivity index (χ2v) is 14.0. The highest BCUT2D eigenvalue weighted by molar-refractivity contribution is 9.11. The third kappa shape index (κ3) is 4.99. The molecule has 40 heavy (non-hydrogen) atoms. The van der Waals surface area contributed by atoms with Gasteiger partial charge in [-0.05, 0) is 63.9 Å². The summed E-state index contributed by atoms with van der Waals surface area (Å²) in [5.74, 6) is -0.674. The second-order valence-electron chi connectivity index (χ2n) is 12.3. The minimum atomic E-state index is -1.01. The number of Topliss-reactive ketones (excluding diaryl/α,β-unsaturated/α-hetero) is 2. The predicted molar refractivity (Wildman–Crippen MR) is 165 cm³/mol. The van der Waals surface area contributed by atoms with Crippen molar-refractivity contribution >= 4 is 54.3 Å². The molecular weight excluding hydrogens is 634 g/mol. The molecule has 0 radical (unpaired) electrons. The van der Waals surface area contributed by atoms with Crippen LogP contribution in [0.5, 0.6) is 11.5 Å². The van der Waals surface area contributed by atoms with Gasteiger partial charge < -0.3 is 9.84 Å². The largest absolute Gasteiger partial charge is 0.507 e. The standard InChI is InChI=1S/C33H31Br2NO4/c1-32(2,3)19-14-17(15-20(29(19)37)33(4,5)6)16-40-24-9-7-8-18-10-13-23(36-28(18)24)27-30(38)25-21(34)11-12-22(35)26(25)31(27)39/h7-15,27,37H,16H2,1-6H3. The Kier molecular flexibility index (Phi) is 7.20. The maximum absolute atomic E-state index is 13.4. The number of carbonyl (C=O) groups excluding carboxylic acids is 2. The van der Waals surface area contributed by atoms with E-state index in [0.717, 1.165) is 22.1 Å². The molecule has 1 N–H and O–H groups in total. The molecule has 0 fully saturated rings. The number of phenols is 1. The molecule has 0 unspecified atom stereocenters. The van der Waals surface area contributed by atoms with E-state index in [1.165, 1.54) is 0 Å². The van der Waals surface area contributed by atoms with Gasteiger partial charge in [0.25, 0.3) is 0 Å². The van der Waals surface area contributed by atoms with E-state index in [9.17, 15) is 14.7 Å². The molecule has 1 heterocycles. The summed E-state index contributed by atoms with van der Waals surface area (Å²) >= 11 is 6.86. The third-order valence-corrected chi connectivity index (χ3v) is 8.62. The first-order chi connectivity index (χ1) is 18.7. The lowest BCUT2D eigenvalue weighted by atomic mass is 9.78. The lowest BCUT2D eigenvalue weighted by molar-refractivity contribution is 0.0887. The first-order valence-electron chi connectivity index (χ1n) is 13.1. The van der Waals surface area contributed by atoms with Crippen LogP contribution in [0.25, 0.3) is 10.9 Å². The molecule has 0 saturated heterocycles. The normalized spacial score (nSPS) is 14.2. The van der Waals surface area contributed by atoms with Crippen molar-refractivity contribution in [3.8, 4) is 11.5 Å². The number of para-hydroxylation sites is 1. The lowest BCUT2D eigenvalue weighted by Crippen LogP contribution is -2.18. The van der Waals surface area contributed by atoms with Gasteiger partial charge in [0.1, 0.15) is 29.5 Å². The minimum Gasteiger partial charge on any atom is -0.507 e. The number of rotatable bonds is 4. The average molecular weight is 665 g/mol. The smallest absolute Gasteiger partial charge is 0.181 e. The van der Waals surface area contributed by atoms with E-state index < -0.39 is 5.92 Å². The van der Waals surface area contributed by atoms with Gasteiger partial charge in [-0.15, -0.1) is 0 Å². The zero-order chi connectivity index (χ0) is 29.1. The van der Waals surface area contributed by atoms with Crippen LogP contribution in [-0.4, -0.2) is 21.7 Å². The van der Waals surface area contributed by atoms with Crippen LogP contribution in [-0.2, 0) is 17.4 Å². The number of benzene rings is 3. The molecular formula is C33H31Br2NO4. The van der Waals surface area contributed by atoms with Gasteiger partial charge in [-0.25, -0.2) is 4.98 Å². The quantitative estimate of drug-likeness (QED) is 0.221. The summed E-state index contributed by atoms with van der Waals surface area (Å²) < 4.78 is 7.51. The van der Waals surface area contributed by atoms with Gasteiger partial charge in [0, 0.05) is 25.5 Å². The lowest BCUT2D eigenvalue weighted by Gasteiger charge is -2.28. The number of fused-ring (bicyclic) bond motifs is 2. The van der Waals surface area contributed by atoms with Crippen LogP contribution in [0.15, 0.2) is 63.5 Å². The Morgan fingerprint density at radius 1 is 0.825 bits per heavy atom. The van der Waals surface area contributed by atoms with Crippen molar-refractivity contribution in [1.29, 1.82) is 0 Å². The molecule has 0 aliphatic heterocycles. The first kappa shape index (κ1) is 28.5. The SMILES string of the molecule is CC(C)(C)c1cc(COc2cccc3ccc(C4C(=O)c5c(Br)ccc(Br)c5C4=O)nc23)cc(C(C)(C)C)c1O. The summed E-state index contributed by atoms with van der Waals surface area (Å²) in [6, 6.07) is 16.8. The maximum atomic E-state index is 13.4. The highest BCUT2D eigenvalue weighted by atomic mass is 79.9. The van der Waals surface area contributed by atoms with E-state index in [1.807, 2.05) is 36.4 Å². The fourth-order valence-corrected chi connectivity index (χ4v) is 6.26. The number of ether oxygens (including phenoxy) is 1. The van der Waals surface area contributed by atoms with Crippen LogP contribution in [0.2, 0.25) is 0 Å². The summed E-state index contributed by atoms with van der Waals surface area (Å²) in [6.07, 6.45) is 0. The molecule has 0 amide bonds. The number of hydrogen-bond acceptors (Lipinski definition) is 5. The van der Waals surface area contributed by atoms with Crippen LogP contribution >= 0.6 is 31.9 Å². The Morgan fingerprint density at radius 2 is 1.38 bits per heavy atom. The zero-order valence-electron chi connectivity index (χ0n) is 23.4. The number of phenolic OH excluding ortho intramolecular Hbond substituents is 1. The molecule has 4 aromatic rings. The van der Waals surface area contributed by atoms with Crippen LogP contribution in [0, 0.1) is 0 Å². The average Bonchev–Trinajstić information content (AvgIpc) is 3.14. The van der Waals surface area contributed by atoms with Gasteiger partial charge in [0.2, 0.25) is 0 Å². The first-order valence-corrected chi connectivity index (χ1v) is 14.7. The fraction of sp³-hybridized carbons (Fsp3) is 0.303. The van der Waals surface area contributed by atoms with Crippen LogP contribution < -0.4 is 4.74 Å². The maximum Gasteiger partial charge on any atom is 0.181 e. The molecule has 3 aromatic carbocycles. The number of carbonyl (C=O) groups is 2. The molecule has 0 saturated carbocycles. The van der Waals surface area contributed by atoms with E-state index >= 15 is 0 Å². The van der Waals surface area contributed by atoms with Crippen LogP contribution in [0.1, 0.15) is 90.6 Å². The Balaban J connectivity index is 1.52. The van der Waals surface area contributed by atoms with Crippen molar-refractivity contribution in [2.24, 2.45) is 0 Å². The predicted octanol–water partition coefficient (Wildman–Crippen LogP) is 8.80. The number of hydrogen-bond donors (Lipinski definition) is 1. The molecule has 5 nitrogen and oxygen atoms in total. The van der Waals surface area contributed by atoms with E-state index in [4.69, 9.17) is 9.72 Å². The molecule has 5 rings (SSSR count). The minimum absolute atomic E-state index is 0.252. The molecule has 0 atom stereocenters. The van der Waals surface area contributed by atoms with Gasteiger partial charge in [-0.3, -0.25) is 9.59 Å². The summed E-state index contributed by atoms with van der Waals surface area (Å²) in [6.45, 7) is 12.7. The highest BCUT2D eigenvalue weighted by Gasteiger charge is 2.43. The molecule has 1 aliphatic rings. The Bertz CT molecular complexity index is 1620. The molecule has 1 aliphatic carbocycles. The molecule has 0 spiro atoms. The molecule has 1 aromatic heterocycles. The number of aromatic nitrogens is 1. The van der Waals surface area contributed by atoms with Crippen molar-refractivity contribution in [1.82, 2.24) is 4.98 Å².